The van der Waals surface area contributed by atoms with Crippen molar-refractivity contribution in [2.75, 3.05) is 14.2 Å². The first kappa shape index (κ1) is 61.1. The lowest BCUT2D eigenvalue weighted by Gasteiger charge is -2.50. The van der Waals surface area contributed by atoms with Gasteiger partial charge in [0.05, 0.1) is 51.8 Å². The molecule has 10 rings (SSSR count). The van der Waals surface area contributed by atoms with Crippen LogP contribution in [0.25, 0.3) is 0 Å². The average Bonchev–Trinajstić information content (AvgIpc) is 1.49. The zero-order chi connectivity index (χ0) is 58.5. The van der Waals surface area contributed by atoms with Gasteiger partial charge in [-0.1, -0.05) is 255 Å². The van der Waals surface area contributed by atoms with E-state index in [-0.39, 0.29) is 39.6 Å². The highest BCUT2D eigenvalue weighted by atomic mass is 28.4. The van der Waals surface area contributed by atoms with Crippen molar-refractivity contribution in [3.8, 4) is 0 Å². The molecule has 2 fully saturated rings. The number of hydrogen-bond donors (Lipinski definition) is 0. The number of ether oxygens (including phenoxy) is 10. The van der Waals surface area contributed by atoms with Gasteiger partial charge in [0.1, 0.15) is 48.8 Å². The minimum atomic E-state index is -4.16. The number of rotatable bonds is 30. The Kier molecular flexibility index (Phi) is 22.6. The van der Waals surface area contributed by atoms with Crippen LogP contribution in [0, 0.1) is 0 Å². The molecule has 0 aromatic heterocycles. The third-order valence-electron chi connectivity index (χ3n) is 15.3. The molecule has 85 heavy (non-hydrogen) atoms. The second-order valence-corrected chi connectivity index (χ2v) is 23.8. The average molecular weight is 1160 g/mol. The molecule has 8 aromatic carbocycles. The van der Waals surface area contributed by atoms with Crippen LogP contribution in [0.1, 0.15) is 33.4 Å². The molecule has 2 heterocycles. The maximum atomic E-state index is 7.94. The largest absolute Gasteiger partial charge is 0.408 e. The van der Waals surface area contributed by atoms with Crippen molar-refractivity contribution in [3.05, 3.63) is 301 Å². The Bertz CT molecular complexity index is 2960. The van der Waals surface area contributed by atoms with Crippen molar-refractivity contribution in [1.82, 2.24) is 0 Å². The smallest absolute Gasteiger partial charge is 0.378 e. The summed E-state index contributed by atoms with van der Waals surface area (Å²) in [6, 6.07) is 80.1. The standard InChI is InChI=1S/C72H76O12Si/c1-5-61(63-65(75-47-53-31-15-7-16-32-53)67(77-49-55-35-19-9-20-36-55)69(71(73-3)81-63)79-51-57-39-23-11-24-40-57)83-85(59-43-27-13-28-44-59,60-45-29-14-30-46-60)84-62(6-2)64-66(76-48-54-33-17-8-18-34-54)68(78-50-56-37-21-10-22-38-56)70(72(74-4)82-64)80-52-58-41-25-12-26-42-58/h5-46,61-72H,1-2,47-52H2,3-4H3/t61-,62-,63-,64-,65-,66-,67+,68+,69-,70-,71+,72+/m1/s1. The van der Waals surface area contributed by atoms with E-state index in [4.69, 9.17) is 56.2 Å². The molecular formula is C72H76O12Si. The lowest BCUT2D eigenvalue weighted by molar-refractivity contribution is -0.328. The summed E-state index contributed by atoms with van der Waals surface area (Å²) >= 11 is 0. The van der Waals surface area contributed by atoms with E-state index < -0.39 is 82.2 Å². The topological polar surface area (TPSA) is 111 Å². The van der Waals surface area contributed by atoms with Crippen LogP contribution in [0.5, 0.6) is 0 Å². The van der Waals surface area contributed by atoms with Crippen molar-refractivity contribution >= 4 is 18.9 Å². The van der Waals surface area contributed by atoms with Gasteiger partial charge < -0.3 is 56.2 Å². The number of benzene rings is 8. The molecule has 0 bridgehead atoms. The molecule has 0 aliphatic carbocycles. The SMILES string of the molecule is C=C[C@@H](O[Si](O[C@H](C=C)[C@H]1O[C@H](OC)[C@H](OCc2ccccc2)[C@@H](OCc2ccccc2)[C@@H]1OCc1ccccc1)(c1ccccc1)c1ccccc1)[C@H]1O[C@H](OC)[C@H](OCc2ccccc2)[C@@H](OCc2ccccc2)[C@@H]1OCc1ccccc1. The molecule has 0 amide bonds. The number of hydrogen-bond acceptors (Lipinski definition) is 12. The molecule has 2 aliphatic heterocycles. The van der Waals surface area contributed by atoms with Crippen LogP contribution >= 0.6 is 0 Å². The van der Waals surface area contributed by atoms with Crippen LogP contribution in [0.15, 0.2) is 268 Å². The molecule has 12 atom stereocenters. The van der Waals surface area contributed by atoms with Gasteiger partial charge in [-0.25, -0.2) is 0 Å². The van der Waals surface area contributed by atoms with E-state index in [0.29, 0.717) is 0 Å². The molecule has 13 heteroatoms. The molecule has 0 radical (unpaired) electrons. The first-order valence-electron chi connectivity index (χ1n) is 29.0. The van der Waals surface area contributed by atoms with Gasteiger partial charge in [-0.05, 0) is 43.8 Å². The summed E-state index contributed by atoms with van der Waals surface area (Å²) in [7, 11) is -0.944. The lowest BCUT2D eigenvalue weighted by atomic mass is 9.94. The van der Waals surface area contributed by atoms with Crippen LogP contribution in [-0.2, 0) is 95.9 Å². The fraction of sp³-hybridized carbons (Fsp3) is 0.278. The van der Waals surface area contributed by atoms with Gasteiger partial charge in [0, 0.05) is 14.2 Å². The Morgan fingerprint density at radius 1 is 0.329 bits per heavy atom. The van der Waals surface area contributed by atoms with Gasteiger partial charge in [-0.15, -0.1) is 13.2 Å². The Hall–Kier alpha value is -7.02. The molecule has 0 N–H and O–H groups in total. The van der Waals surface area contributed by atoms with E-state index in [1.807, 2.05) is 243 Å². The highest BCUT2D eigenvalue weighted by Crippen LogP contribution is 2.37. The molecule has 0 unspecified atom stereocenters. The Labute approximate surface area is 501 Å². The third-order valence-corrected chi connectivity index (χ3v) is 18.7. The van der Waals surface area contributed by atoms with E-state index in [2.05, 4.69) is 13.2 Å². The summed E-state index contributed by atoms with van der Waals surface area (Å²) < 4.78 is 85.1. The Morgan fingerprint density at radius 2 is 0.553 bits per heavy atom. The van der Waals surface area contributed by atoms with E-state index in [9.17, 15) is 0 Å². The van der Waals surface area contributed by atoms with E-state index in [1.165, 1.54) is 0 Å². The third kappa shape index (κ3) is 15.9. The van der Waals surface area contributed by atoms with E-state index in [1.54, 1.807) is 26.4 Å². The zero-order valence-corrected chi connectivity index (χ0v) is 49.2. The summed E-state index contributed by atoms with van der Waals surface area (Å²) in [6.07, 6.45) is -6.99. The monoisotopic (exact) mass is 1160 g/mol. The zero-order valence-electron chi connectivity index (χ0n) is 48.2. The maximum Gasteiger partial charge on any atom is 0.408 e. The minimum Gasteiger partial charge on any atom is -0.378 e. The van der Waals surface area contributed by atoms with Gasteiger partial charge >= 0.3 is 8.56 Å². The van der Waals surface area contributed by atoms with Crippen molar-refractivity contribution in [3.63, 3.8) is 0 Å². The van der Waals surface area contributed by atoms with Gasteiger partial charge in [-0.3, -0.25) is 0 Å². The fourth-order valence-electron chi connectivity index (χ4n) is 11.0. The molecule has 12 nitrogen and oxygen atoms in total. The molecule has 2 saturated heterocycles. The second-order valence-electron chi connectivity index (χ2n) is 21.0. The second kappa shape index (κ2) is 31.4. The Morgan fingerprint density at radius 3 is 0.788 bits per heavy atom. The molecule has 440 valence electrons. The highest BCUT2D eigenvalue weighted by Gasteiger charge is 2.57. The van der Waals surface area contributed by atoms with Gasteiger partial charge in [0.15, 0.2) is 12.6 Å². The first-order chi connectivity index (χ1) is 42.0. The first-order valence-corrected chi connectivity index (χ1v) is 30.8. The molecule has 0 spiro atoms. The summed E-state index contributed by atoms with van der Waals surface area (Å²) in [5.74, 6) is 0. The van der Waals surface area contributed by atoms with Crippen LogP contribution in [-0.4, -0.2) is 96.4 Å². The van der Waals surface area contributed by atoms with E-state index in [0.717, 1.165) is 43.8 Å². The van der Waals surface area contributed by atoms with Gasteiger partial charge in [0.2, 0.25) is 0 Å². The van der Waals surface area contributed by atoms with Crippen molar-refractivity contribution in [1.29, 1.82) is 0 Å². The van der Waals surface area contributed by atoms with Crippen molar-refractivity contribution in [2.24, 2.45) is 0 Å². The lowest BCUT2D eigenvalue weighted by Crippen LogP contribution is -2.71. The number of methoxy groups -OCH3 is 2. The summed E-state index contributed by atoms with van der Waals surface area (Å²) in [5.41, 5.74) is 5.79. The van der Waals surface area contributed by atoms with Gasteiger partial charge in [-0.2, -0.15) is 0 Å². The predicted molar refractivity (Wildman–Crippen MR) is 330 cm³/mol. The minimum absolute atomic E-state index is 0.214. The van der Waals surface area contributed by atoms with Crippen molar-refractivity contribution < 1.29 is 56.2 Å². The fourth-order valence-corrected chi connectivity index (χ4v) is 14.4. The summed E-state index contributed by atoms with van der Waals surface area (Å²) in [5, 5.41) is 1.56. The molecular weight excluding hydrogens is 1080 g/mol. The van der Waals surface area contributed by atoms with Crippen LogP contribution in [0.2, 0.25) is 0 Å². The van der Waals surface area contributed by atoms with Crippen LogP contribution in [0.4, 0.5) is 0 Å². The van der Waals surface area contributed by atoms with Crippen LogP contribution < -0.4 is 10.4 Å². The summed E-state index contributed by atoms with van der Waals surface area (Å²) in [6.45, 7) is 10.4. The predicted octanol–water partition coefficient (Wildman–Crippen LogP) is 11.6. The van der Waals surface area contributed by atoms with E-state index >= 15 is 0 Å². The quantitative estimate of drug-likeness (QED) is 0.0316. The van der Waals surface area contributed by atoms with Gasteiger partial charge in [0.25, 0.3) is 0 Å². The Balaban J connectivity index is 1.07. The van der Waals surface area contributed by atoms with Crippen LogP contribution in [0.3, 0.4) is 0 Å². The molecule has 2 aliphatic rings. The molecule has 0 saturated carbocycles. The molecule has 8 aromatic rings. The highest BCUT2D eigenvalue weighted by molar-refractivity contribution is 6.92. The maximum absolute atomic E-state index is 7.94. The van der Waals surface area contributed by atoms with Crippen molar-refractivity contribution in [2.45, 2.75) is 113 Å². The normalized spacial score (nSPS) is 23.1. The summed E-state index contributed by atoms with van der Waals surface area (Å²) in [4.78, 5) is 0.